The van der Waals surface area contributed by atoms with Gasteiger partial charge in [0, 0.05) is 11.3 Å². The van der Waals surface area contributed by atoms with Crippen molar-refractivity contribution in [2.45, 2.75) is 18.8 Å². The molecule has 1 amide bonds. The molecule has 2 aromatic rings. The van der Waals surface area contributed by atoms with E-state index in [1.807, 2.05) is 0 Å². The summed E-state index contributed by atoms with van der Waals surface area (Å²) < 4.78 is 7.29. The topological polar surface area (TPSA) is 168 Å². The third kappa shape index (κ3) is 2.71. The molecule has 1 aliphatic heterocycles. The number of fused-ring (bicyclic) bond motifs is 1. The number of hydrogen-bond acceptors (Lipinski definition) is 7. The number of aromatic nitrogens is 4. The average Bonchev–Trinajstić information content (AvgIpc) is 3.17. The van der Waals surface area contributed by atoms with E-state index in [4.69, 9.17) is 10.3 Å². The van der Waals surface area contributed by atoms with Gasteiger partial charge < -0.3 is 15.2 Å². The number of aliphatic carboxylic acids is 1. The summed E-state index contributed by atoms with van der Waals surface area (Å²) in [5.41, 5.74) is 9.17. The highest BCUT2D eigenvalue weighted by molar-refractivity contribution is 5.88. The van der Waals surface area contributed by atoms with Gasteiger partial charge in [-0.15, -0.1) is 0 Å². The monoisotopic (exact) mass is 332 g/mol. The number of carboxylic acids is 1. The van der Waals surface area contributed by atoms with Gasteiger partial charge in [-0.25, -0.2) is 15.0 Å². The van der Waals surface area contributed by atoms with E-state index in [0.29, 0.717) is 17.6 Å². The first-order valence-corrected chi connectivity index (χ1v) is 6.92. The van der Waals surface area contributed by atoms with Crippen LogP contribution in [-0.4, -0.2) is 49.7 Å². The molecule has 24 heavy (non-hydrogen) atoms. The molecule has 1 fully saturated rings. The molecule has 0 saturated carbocycles. The normalized spacial score (nSPS) is 22.9. The van der Waals surface area contributed by atoms with Crippen LogP contribution in [0.25, 0.3) is 21.6 Å². The molecule has 0 unspecified atom stereocenters. The van der Waals surface area contributed by atoms with E-state index < -0.39 is 24.2 Å². The largest absolute Gasteiger partial charge is 0.481 e. The standard InChI is InChI=1S/C12H12N8O4/c13-19-18-2-7-6(12(22)23)1-8(24-7)20-4-16-9-10(17-5-21)14-3-15-11(9)20/h3-8H,1-2H2,(H,22,23)(H,14,15,17,21)/t6-,7+,8-/m1/s1. The average molecular weight is 332 g/mol. The van der Waals surface area contributed by atoms with Gasteiger partial charge in [-0.05, 0) is 5.53 Å². The second-order valence-electron chi connectivity index (χ2n) is 5.03. The Morgan fingerprint density at radius 2 is 2.42 bits per heavy atom. The van der Waals surface area contributed by atoms with E-state index in [2.05, 4.69) is 30.3 Å². The van der Waals surface area contributed by atoms with Gasteiger partial charge in [0.15, 0.2) is 17.0 Å². The molecule has 3 rings (SSSR count). The van der Waals surface area contributed by atoms with Crippen molar-refractivity contribution in [3.63, 3.8) is 0 Å². The number of amides is 1. The second-order valence-corrected chi connectivity index (χ2v) is 5.03. The maximum absolute atomic E-state index is 11.4. The highest BCUT2D eigenvalue weighted by Crippen LogP contribution is 2.35. The van der Waals surface area contributed by atoms with Gasteiger partial charge in [0.25, 0.3) is 0 Å². The van der Waals surface area contributed by atoms with E-state index in [9.17, 15) is 14.7 Å². The number of rotatable bonds is 6. The fraction of sp³-hybridized carbons (Fsp3) is 0.417. The SMILES string of the molecule is [N-]=[N+]=NC[C@@H]1O[C@@H](n2cnc3c(NC=O)ncnc32)C[C@H]1C(=O)O. The van der Waals surface area contributed by atoms with Gasteiger partial charge >= 0.3 is 5.97 Å². The first-order chi connectivity index (χ1) is 11.7. The van der Waals surface area contributed by atoms with Gasteiger partial charge in [-0.1, -0.05) is 5.11 Å². The first-order valence-electron chi connectivity index (χ1n) is 6.92. The quantitative estimate of drug-likeness (QED) is 0.339. The number of azide groups is 1. The molecule has 12 nitrogen and oxygen atoms in total. The fourth-order valence-electron chi connectivity index (χ4n) is 2.67. The molecule has 0 aromatic carbocycles. The number of ether oxygens (including phenoxy) is 1. The number of nitrogens with zero attached hydrogens (tertiary/aromatic N) is 7. The maximum Gasteiger partial charge on any atom is 0.309 e. The minimum Gasteiger partial charge on any atom is -0.481 e. The Balaban J connectivity index is 1.93. The Hall–Kier alpha value is -3.24. The Labute approximate surface area is 134 Å². The Morgan fingerprint density at radius 1 is 1.58 bits per heavy atom. The molecule has 3 atom stereocenters. The minimum absolute atomic E-state index is 0.0798. The summed E-state index contributed by atoms with van der Waals surface area (Å²) in [5, 5.41) is 15.1. The van der Waals surface area contributed by atoms with Crippen molar-refractivity contribution in [3.05, 3.63) is 23.1 Å². The Kier molecular flexibility index (Phi) is 4.22. The highest BCUT2D eigenvalue weighted by Gasteiger charge is 2.40. The third-order valence-corrected chi connectivity index (χ3v) is 3.74. The number of hydrogen-bond donors (Lipinski definition) is 2. The third-order valence-electron chi connectivity index (χ3n) is 3.74. The van der Waals surface area contributed by atoms with E-state index in [0.717, 1.165) is 0 Å². The van der Waals surface area contributed by atoms with Gasteiger partial charge in [-0.2, -0.15) is 0 Å². The van der Waals surface area contributed by atoms with Crippen molar-refractivity contribution in [1.29, 1.82) is 0 Å². The predicted octanol–water partition coefficient (Wildman–Crippen LogP) is 0.693. The first kappa shape index (κ1) is 15.6. The number of carbonyl (C=O) groups excluding carboxylic acids is 1. The lowest BCUT2D eigenvalue weighted by Gasteiger charge is -2.14. The molecule has 2 N–H and O–H groups in total. The molecule has 0 bridgehead atoms. The molecule has 1 aliphatic rings. The summed E-state index contributed by atoms with van der Waals surface area (Å²) in [6.07, 6.45) is 1.97. The molecule has 3 heterocycles. The van der Waals surface area contributed by atoms with Crippen LogP contribution in [0.3, 0.4) is 0 Å². The molecular formula is C12H12N8O4. The summed E-state index contributed by atoms with van der Waals surface area (Å²) in [6.45, 7) is -0.0798. The number of nitrogens with one attached hydrogen (secondary N) is 1. The highest BCUT2D eigenvalue weighted by atomic mass is 16.5. The van der Waals surface area contributed by atoms with Gasteiger partial charge in [0.2, 0.25) is 6.41 Å². The predicted molar refractivity (Wildman–Crippen MR) is 78.7 cm³/mol. The van der Waals surface area contributed by atoms with Crippen molar-refractivity contribution in [2.75, 3.05) is 11.9 Å². The summed E-state index contributed by atoms with van der Waals surface area (Å²) >= 11 is 0. The summed E-state index contributed by atoms with van der Waals surface area (Å²) in [5.74, 6) is -1.60. The van der Waals surface area contributed by atoms with Crippen LogP contribution in [0.1, 0.15) is 12.6 Å². The smallest absolute Gasteiger partial charge is 0.309 e. The van der Waals surface area contributed by atoms with Crippen molar-refractivity contribution >= 4 is 29.4 Å². The zero-order valence-corrected chi connectivity index (χ0v) is 12.2. The number of carboxylic acid groups (broad SMARTS) is 1. The summed E-state index contributed by atoms with van der Waals surface area (Å²) in [4.78, 5) is 36.8. The van der Waals surface area contributed by atoms with Gasteiger partial charge in [0.1, 0.15) is 12.6 Å². The van der Waals surface area contributed by atoms with Crippen LogP contribution < -0.4 is 5.32 Å². The van der Waals surface area contributed by atoms with Crippen LogP contribution in [0.15, 0.2) is 17.8 Å². The van der Waals surface area contributed by atoms with E-state index in [-0.39, 0.29) is 18.8 Å². The fourth-order valence-corrected chi connectivity index (χ4v) is 2.67. The molecule has 0 aliphatic carbocycles. The molecule has 0 radical (unpaired) electrons. The van der Waals surface area contributed by atoms with E-state index in [1.165, 1.54) is 12.7 Å². The minimum atomic E-state index is -1.03. The van der Waals surface area contributed by atoms with Crippen molar-refractivity contribution < 1.29 is 19.4 Å². The van der Waals surface area contributed by atoms with E-state index in [1.54, 1.807) is 4.57 Å². The van der Waals surface area contributed by atoms with Crippen LogP contribution in [0.5, 0.6) is 0 Å². The van der Waals surface area contributed by atoms with Gasteiger partial charge in [0.05, 0.1) is 24.9 Å². The zero-order chi connectivity index (χ0) is 17.1. The lowest BCUT2D eigenvalue weighted by molar-refractivity contribution is -0.143. The van der Waals surface area contributed by atoms with Crippen LogP contribution >= 0.6 is 0 Å². The lowest BCUT2D eigenvalue weighted by Crippen LogP contribution is -2.26. The molecule has 12 heteroatoms. The lowest BCUT2D eigenvalue weighted by atomic mass is 10.0. The molecule has 124 valence electrons. The second kappa shape index (κ2) is 6.48. The summed E-state index contributed by atoms with van der Waals surface area (Å²) in [7, 11) is 0. The molecule has 0 spiro atoms. The number of carbonyl (C=O) groups is 2. The van der Waals surface area contributed by atoms with E-state index >= 15 is 0 Å². The van der Waals surface area contributed by atoms with Gasteiger partial charge in [-0.3, -0.25) is 14.2 Å². The Morgan fingerprint density at radius 3 is 3.12 bits per heavy atom. The molecule has 2 aromatic heterocycles. The van der Waals surface area contributed by atoms with Crippen LogP contribution in [-0.2, 0) is 14.3 Å². The van der Waals surface area contributed by atoms with Crippen LogP contribution in [0.2, 0.25) is 0 Å². The number of anilines is 1. The maximum atomic E-state index is 11.4. The van der Waals surface area contributed by atoms with Crippen molar-refractivity contribution in [2.24, 2.45) is 11.0 Å². The molecular weight excluding hydrogens is 320 g/mol. The van der Waals surface area contributed by atoms with Crippen LogP contribution in [0, 0.1) is 5.92 Å². The molecule has 1 saturated heterocycles. The zero-order valence-electron chi connectivity index (χ0n) is 12.2. The Bertz CT molecular complexity index is 830. The number of imidazole rings is 1. The summed E-state index contributed by atoms with van der Waals surface area (Å²) in [6, 6.07) is 0. The van der Waals surface area contributed by atoms with Crippen LogP contribution in [0.4, 0.5) is 5.82 Å². The van der Waals surface area contributed by atoms with Crippen molar-refractivity contribution in [1.82, 2.24) is 19.5 Å². The van der Waals surface area contributed by atoms with Crippen molar-refractivity contribution in [3.8, 4) is 0 Å².